The summed E-state index contributed by atoms with van der Waals surface area (Å²) in [5, 5.41) is 19.5. The molecule has 2 N–H and O–H groups in total. The van der Waals surface area contributed by atoms with E-state index in [1.54, 1.807) is 12.4 Å². The number of rotatable bonds is 4. The van der Waals surface area contributed by atoms with E-state index in [2.05, 4.69) is 19.9 Å². The van der Waals surface area contributed by atoms with Gasteiger partial charge in [-0.3, -0.25) is 9.55 Å². The summed E-state index contributed by atoms with van der Waals surface area (Å²) in [7, 11) is 0. The molecule has 0 bridgehead atoms. The van der Waals surface area contributed by atoms with Crippen molar-refractivity contribution in [1.29, 1.82) is 0 Å². The number of fused-ring (bicyclic) bond motifs is 1. The molecule has 1 aliphatic rings. The minimum atomic E-state index is -1.70. The summed E-state index contributed by atoms with van der Waals surface area (Å²) in [6.07, 6.45) is 0.976. The van der Waals surface area contributed by atoms with Crippen molar-refractivity contribution in [3.63, 3.8) is 0 Å². The number of aromatic nitrogens is 5. The van der Waals surface area contributed by atoms with Gasteiger partial charge in [0.05, 0.1) is 12.9 Å². The number of imidazole rings is 1. The Morgan fingerprint density at radius 2 is 1.83 bits per heavy atom. The molecular weight excluding hydrogens is 389 g/mol. The van der Waals surface area contributed by atoms with Crippen LogP contribution in [-0.2, 0) is 4.74 Å². The molecule has 5 rings (SSSR count). The van der Waals surface area contributed by atoms with E-state index in [4.69, 9.17) is 4.74 Å². The van der Waals surface area contributed by atoms with Gasteiger partial charge >= 0.3 is 0 Å². The van der Waals surface area contributed by atoms with Crippen LogP contribution in [0.15, 0.2) is 61.4 Å². The second kappa shape index (κ2) is 7.52. The summed E-state index contributed by atoms with van der Waals surface area (Å²) in [4.78, 5) is 17.3. The first-order valence-corrected chi connectivity index (χ1v) is 9.44. The molecule has 9 heteroatoms. The highest BCUT2D eigenvalue weighted by Gasteiger charge is 2.45. The Morgan fingerprint density at radius 3 is 2.60 bits per heavy atom. The van der Waals surface area contributed by atoms with E-state index >= 15 is 0 Å². The van der Waals surface area contributed by atoms with E-state index in [0.717, 1.165) is 16.7 Å². The van der Waals surface area contributed by atoms with Crippen molar-refractivity contribution in [1.82, 2.24) is 24.5 Å². The molecule has 0 spiro atoms. The molecule has 1 aromatic carbocycles. The lowest BCUT2D eigenvalue weighted by Crippen LogP contribution is -2.29. The van der Waals surface area contributed by atoms with Gasteiger partial charge in [0.25, 0.3) is 0 Å². The van der Waals surface area contributed by atoms with E-state index in [-0.39, 0.29) is 0 Å². The summed E-state index contributed by atoms with van der Waals surface area (Å²) < 4.78 is 21.1. The van der Waals surface area contributed by atoms with Gasteiger partial charge in [0.1, 0.15) is 29.7 Å². The highest BCUT2D eigenvalue weighted by molar-refractivity contribution is 5.88. The SMILES string of the molecule is OC[C@H]1O[C@@H](n2cnc3c(-c4cncc(-c5ccccc5)c4)ncnc32)[C@@H](O)C1F. The summed E-state index contributed by atoms with van der Waals surface area (Å²) in [6, 6.07) is 11.8. The number of aliphatic hydroxyl groups is 2. The Hall–Kier alpha value is -3.27. The largest absolute Gasteiger partial charge is 0.394 e. The van der Waals surface area contributed by atoms with Gasteiger partial charge in [-0.1, -0.05) is 30.3 Å². The topological polar surface area (TPSA) is 106 Å². The maximum absolute atomic E-state index is 14.2. The first kappa shape index (κ1) is 18.7. The number of ether oxygens (including phenoxy) is 1. The molecule has 1 saturated heterocycles. The Bertz CT molecular complexity index is 1190. The van der Waals surface area contributed by atoms with Gasteiger partial charge in [-0.05, 0) is 11.6 Å². The fourth-order valence-electron chi connectivity index (χ4n) is 3.69. The highest BCUT2D eigenvalue weighted by atomic mass is 19.1. The van der Waals surface area contributed by atoms with Crippen molar-refractivity contribution in [3.05, 3.63) is 61.4 Å². The second-order valence-electron chi connectivity index (χ2n) is 7.06. The monoisotopic (exact) mass is 407 g/mol. The van der Waals surface area contributed by atoms with Gasteiger partial charge in [-0.15, -0.1) is 0 Å². The summed E-state index contributed by atoms with van der Waals surface area (Å²) in [5.41, 5.74) is 4.13. The van der Waals surface area contributed by atoms with Crippen LogP contribution in [0, 0.1) is 0 Å². The van der Waals surface area contributed by atoms with Crippen molar-refractivity contribution < 1.29 is 19.3 Å². The van der Waals surface area contributed by atoms with Gasteiger partial charge in [0, 0.05) is 23.5 Å². The van der Waals surface area contributed by atoms with Gasteiger partial charge < -0.3 is 14.9 Å². The third-order valence-electron chi connectivity index (χ3n) is 5.22. The van der Waals surface area contributed by atoms with Crippen LogP contribution in [-0.4, -0.2) is 59.7 Å². The van der Waals surface area contributed by atoms with Gasteiger partial charge in [-0.25, -0.2) is 19.3 Å². The predicted octanol–water partition coefficient (Wildman–Crippen LogP) is 2.14. The molecule has 0 aliphatic carbocycles. The van der Waals surface area contributed by atoms with Gasteiger partial charge in [0.2, 0.25) is 0 Å². The molecule has 8 nitrogen and oxygen atoms in total. The molecule has 30 heavy (non-hydrogen) atoms. The zero-order valence-corrected chi connectivity index (χ0v) is 15.7. The number of hydrogen-bond acceptors (Lipinski definition) is 7. The fraction of sp³-hybridized carbons (Fsp3) is 0.238. The van der Waals surface area contributed by atoms with Crippen LogP contribution in [0.25, 0.3) is 33.5 Å². The fourth-order valence-corrected chi connectivity index (χ4v) is 3.69. The van der Waals surface area contributed by atoms with E-state index in [1.165, 1.54) is 17.2 Å². The zero-order chi connectivity index (χ0) is 20.7. The Morgan fingerprint density at radius 1 is 1.03 bits per heavy atom. The molecule has 0 amide bonds. The van der Waals surface area contributed by atoms with Crippen LogP contribution in [0.5, 0.6) is 0 Å². The molecule has 1 unspecified atom stereocenters. The third kappa shape index (κ3) is 3.04. The van der Waals surface area contributed by atoms with E-state index in [9.17, 15) is 14.6 Å². The van der Waals surface area contributed by atoms with Crippen LogP contribution in [0.4, 0.5) is 4.39 Å². The lowest BCUT2D eigenvalue weighted by atomic mass is 10.0. The van der Waals surface area contributed by atoms with Gasteiger partial charge in [0.15, 0.2) is 18.0 Å². The lowest BCUT2D eigenvalue weighted by Gasteiger charge is -2.16. The van der Waals surface area contributed by atoms with E-state index < -0.39 is 31.2 Å². The summed E-state index contributed by atoms with van der Waals surface area (Å²) in [6.45, 7) is -0.528. The minimum absolute atomic E-state index is 0.389. The van der Waals surface area contributed by atoms with Crippen molar-refractivity contribution >= 4 is 11.2 Å². The predicted molar refractivity (Wildman–Crippen MR) is 106 cm³/mol. The quantitative estimate of drug-likeness (QED) is 0.534. The molecular formula is C21H18FN5O3. The van der Waals surface area contributed by atoms with Crippen molar-refractivity contribution in [2.45, 2.75) is 24.6 Å². The molecule has 0 radical (unpaired) electrons. The van der Waals surface area contributed by atoms with Crippen LogP contribution >= 0.6 is 0 Å². The molecule has 3 aromatic heterocycles. The second-order valence-corrected chi connectivity index (χ2v) is 7.06. The number of alkyl halides is 1. The van der Waals surface area contributed by atoms with Crippen LogP contribution in [0.3, 0.4) is 0 Å². The van der Waals surface area contributed by atoms with Crippen LogP contribution < -0.4 is 0 Å². The first-order chi connectivity index (χ1) is 14.7. The van der Waals surface area contributed by atoms with Crippen molar-refractivity contribution in [2.24, 2.45) is 0 Å². The molecule has 4 atom stereocenters. The number of nitrogens with zero attached hydrogens (tertiary/aromatic N) is 5. The van der Waals surface area contributed by atoms with E-state index in [0.29, 0.717) is 16.9 Å². The average molecular weight is 407 g/mol. The molecule has 4 aromatic rings. The summed E-state index contributed by atoms with van der Waals surface area (Å²) >= 11 is 0. The summed E-state index contributed by atoms with van der Waals surface area (Å²) in [5.74, 6) is 0. The molecule has 1 aliphatic heterocycles. The molecule has 152 valence electrons. The van der Waals surface area contributed by atoms with Crippen LogP contribution in [0.2, 0.25) is 0 Å². The minimum Gasteiger partial charge on any atom is -0.394 e. The van der Waals surface area contributed by atoms with Crippen molar-refractivity contribution in [2.75, 3.05) is 6.61 Å². The Balaban J connectivity index is 1.57. The zero-order valence-electron chi connectivity index (χ0n) is 15.7. The molecule has 4 heterocycles. The smallest absolute Gasteiger partial charge is 0.166 e. The van der Waals surface area contributed by atoms with Crippen molar-refractivity contribution in [3.8, 4) is 22.4 Å². The third-order valence-corrected chi connectivity index (χ3v) is 5.22. The Labute approximate surface area is 170 Å². The first-order valence-electron chi connectivity index (χ1n) is 9.44. The van der Waals surface area contributed by atoms with E-state index in [1.807, 2.05) is 36.4 Å². The normalized spacial score (nSPS) is 23.8. The number of benzene rings is 1. The number of hydrogen-bond donors (Lipinski definition) is 2. The Kier molecular flexibility index (Phi) is 4.70. The highest BCUT2D eigenvalue weighted by Crippen LogP contribution is 2.34. The molecule has 1 fully saturated rings. The average Bonchev–Trinajstić information content (AvgIpc) is 3.35. The standard InChI is InChI=1S/C21H18FN5O3/c22-16-15(9-28)30-21(19(16)29)27-11-26-18-17(24-10-25-20(18)27)14-6-13(7-23-8-14)12-4-2-1-3-5-12/h1-8,10-11,15-16,19,21,28-29H,9H2/t15-,16?,19+,21-/m1/s1. The maximum Gasteiger partial charge on any atom is 0.166 e. The lowest BCUT2D eigenvalue weighted by molar-refractivity contribution is -0.0495. The van der Waals surface area contributed by atoms with Crippen LogP contribution in [0.1, 0.15) is 6.23 Å². The number of halogens is 1. The van der Waals surface area contributed by atoms with Gasteiger partial charge in [-0.2, -0.15) is 0 Å². The molecule has 0 saturated carbocycles. The maximum atomic E-state index is 14.2. The number of pyridine rings is 1. The number of aliphatic hydroxyl groups excluding tert-OH is 2.